The molecular formula is C14H20N4O. The first-order chi connectivity index (χ1) is 9.33. The Morgan fingerprint density at radius 1 is 1.37 bits per heavy atom. The average molecular weight is 260 g/mol. The van der Waals surface area contributed by atoms with Crippen molar-refractivity contribution in [2.75, 3.05) is 7.11 Å². The summed E-state index contributed by atoms with van der Waals surface area (Å²) >= 11 is 0. The molecule has 0 aliphatic rings. The molecule has 0 aromatic carbocycles. The van der Waals surface area contributed by atoms with Gasteiger partial charge in [0.25, 0.3) is 0 Å². The number of aryl methyl sites for hydroxylation is 1. The van der Waals surface area contributed by atoms with Gasteiger partial charge in [-0.15, -0.1) is 0 Å². The molecule has 0 N–H and O–H groups in total. The zero-order chi connectivity index (χ0) is 13.5. The number of hydrogen-bond donors (Lipinski definition) is 0. The minimum absolute atomic E-state index is 0.458. The van der Waals surface area contributed by atoms with Crippen molar-refractivity contribution in [2.45, 2.75) is 39.3 Å². The molecule has 102 valence electrons. The van der Waals surface area contributed by atoms with E-state index in [4.69, 9.17) is 4.74 Å². The maximum Gasteiger partial charge on any atom is 0.176 e. The highest BCUT2D eigenvalue weighted by Crippen LogP contribution is 2.09. The number of rotatable bonds is 7. The second-order valence-corrected chi connectivity index (χ2v) is 4.49. The van der Waals surface area contributed by atoms with Crippen LogP contribution in [-0.4, -0.2) is 26.9 Å². The molecule has 5 nitrogen and oxygen atoms in total. The van der Waals surface area contributed by atoms with Crippen LogP contribution in [0, 0.1) is 0 Å². The number of ether oxygens (including phenoxy) is 1. The lowest BCUT2D eigenvalue weighted by Crippen LogP contribution is -2.06. The van der Waals surface area contributed by atoms with Crippen LogP contribution in [0.1, 0.15) is 37.0 Å². The summed E-state index contributed by atoms with van der Waals surface area (Å²) in [5, 5.41) is 4.49. The Bertz CT molecular complexity index is 495. The van der Waals surface area contributed by atoms with E-state index < -0.39 is 0 Å². The quantitative estimate of drug-likeness (QED) is 0.766. The molecule has 2 aromatic heterocycles. The molecule has 0 atom stereocenters. The molecule has 0 saturated carbocycles. The number of unbranched alkanes of at least 4 members (excludes halogenated alkanes) is 1. The number of pyridine rings is 1. The van der Waals surface area contributed by atoms with Crippen molar-refractivity contribution in [3.8, 4) is 0 Å². The van der Waals surface area contributed by atoms with E-state index in [1.165, 1.54) is 0 Å². The highest BCUT2D eigenvalue weighted by Gasteiger charge is 2.10. The van der Waals surface area contributed by atoms with Crippen LogP contribution < -0.4 is 0 Å². The number of nitrogens with zero attached hydrogens (tertiary/aromatic N) is 4. The summed E-state index contributed by atoms with van der Waals surface area (Å²) in [4.78, 5) is 8.68. The zero-order valence-corrected chi connectivity index (χ0v) is 11.5. The predicted octanol–water partition coefficient (Wildman–Crippen LogP) is 2.21. The number of aromatic nitrogens is 4. The van der Waals surface area contributed by atoms with E-state index in [1.807, 2.05) is 16.9 Å². The second-order valence-electron chi connectivity index (χ2n) is 4.49. The molecule has 0 amide bonds. The Kier molecular flexibility index (Phi) is 5.03. The van der Waals surface area contributed by atoms with Crippen LogP contribution >= 0.6 is 0 Å². The molecule has 2 heterocycles. The van der Waals surface area contributed by atoms with Gasteiger partial charge in [0.05, 0.1) is 0 Å². The van der Waals surface area contributed by atoms with Crippen molar-refractivity contribution in [3.63, 3.8) is 0 Å². The molecule has 0 aliphatic heterocycles. The minimum atomic E-state index is 0.458. The average Bonchev–Trinajstić information content (AvgIpc) is 2.80. The van der Waals surface area contributed by atoms with E-state index >= 15 is 0 Å². The monoisotopic (exact) mass is 260 g/mol. The lowest BCUT2D eigenvalue weighted by Gasteiger charge is -2.04. The zero-order valence-electron chi connectivity index (χ0n) is 11.5. The lowest BCUT2D eigenvalue weighted by atomic mass is 10.2. The first kappa shape index (κ1) is 13.7. The third-order valence-electron chi connectivity index (χ3n) is 2.87. The van der Waals surface area contributed by atoms with Crippen molar-refractivity contribution in [3.05, 3.63) is 41.7 Å². The van der Waals surface area contributed by atoms with Gasteiger partial charge in [0, 0.05) is 32.5 Å². The minimum Gasteiger partial charge on any atom is -0.377 e. The highest BCUT2D eigenvalue weighted by atomic mass is 16.5. The van der Waals surface area contributed by atoms with Gasteiger partial charge in [-0.25, -0.2) is 9.67 Å². The Morgan fingerprint density at radius 2 is 2.26 bits per heavy atom. The van der Waals surface area contributed by atoms with Gasteiger partial charge in [-0.3, -0.25) is 4.98 Å². The topological polar surface area (TPSA) is 52.8 Å². The Hall–Kier alpha value is -1.75. The van der Waals surface area contributed by atoms with Gasteiger partial charge >= 0.3 is 0 Å². The van der Waals surface area contributed by atoms with Gasteiger partial charge in [-0.1, -0.05) is 19.4 Å². The summed E-state index contributed by atoms with van der Waals surface area (Å²) < 4.78 is 7.09. The van der Waals surface area contributed by atoms with E-state index in [0.717, 1.165) is 43.0 Å². The number of methoxy groups -OCH3 is 1. The molecular weight excluding hydrogens is 240 g/mol. The van der Waals surface area contributed by atoms with Crippen molar-refractivity contribution < 1.29 is 4.74 Å². The molecule has 0 unspecified atom stereocenters. The maximum absolute atomic E-state index is 5.10. The van der Waals surface area contributed by atoms with Crippen molar-refractivity contribution in [1.29, 1.82) is 0 Å². The second kappa shape index (κ2) is 6.99. The van der Waals surface area contributed by atoms with E-state index in [0.29, 0.717) is 6.61 Å². The van der Waals surface area contributed by atoms with E-state index in [-0.39, 0.29) is 0 Å². The first-order valence-corrected chi connectivity index (χ1v) is 6.64. The Labute approximate surface area is 113 Å². The van der Waals surface area contributed by atoms with Gasteiger partial charge in [0.1, 0.15) is 12.4 Å². The van der Waals surface area contributed by atoms with E-state index in [9.17, 15) is 0 Å². The van der Waals surface area contributed by atoms with Gasteiger partial charge in [0.2, 0.25) is 0 Å². The summed E-state index contributed by atoms with van der Waals surface area (Å²) in [6, 6.07) is 4.00. The smallest absolute Gasteiger partial charge is 0.176 e. The molecule has 0 bridgehead atoms. The SMILES string of the molecule is CCCCn1nc(COC)nc1Cc1cccnc1. The van der Waals surface area contributed by atoms with Gasteiger partial charge in [-0.2, -0.15) is 5.10 Å². The van der Waals surface area contributed by atoms with Crippen molar-refractivity contribution >= 4 is 0 Å². The van der Waals surface area contributed by atoms with E-state index in [2.05, 4.69) is 28.1 Å². The van der Waals surface area contributed by atoms with Crippen LogP contribution in [-0.2, 0) is 24.3 Å². The van der Waals surface area contributed by atoms with Crippen LogP contribution in [0.25, 0.3) is 0 Å². The molecule has 19 heavy (non-hydrogen) atoms. The molecule has 5 heteroatoms. The standard InChI is InChI=1S/C14H20N4O/c1-3-4-8-18-14(16-13(17-18)11-19-2)9-12-6-5-7-15-10-12/h5-7,10H,3-4,8-9,11H2,1-2H3. The third kappa shape index (κ3) is 3.86. The van der Waals surface area contributed by atoms with Crippen LogP contribution in [0.15, 0.2) is 24.5 Å². The highest BCUT2D eigenvalue weighted by molar-refractivity contribution is 5.14. The van der Waals surface area contributed by atoms with Gasteiger partial charge < -0.3 is 4.74 Å². The summed E-state index contributed by atoms with van der Waals surface area (Å²) in [7, 11) is 1.66. The lowest BCUT2D eigenvalue weighted by molar-refractivity contribution is 0.177. The largest absolute Gasteiger partial charge is 0.377 e. The molecule has 2 aromatic rings. The molecule has 0 radical (unpaired) electrons. The van der Waals surface area contributed by atoms with Crippen molar-refractivity contribution in [2.24, 2.45) is 0 Å². The Balaban J connectivity index is 2.16. The van der Waals surface area contributed by atoms with Gasteiger partial charge in [0.15, 0.2) is 5.82 Å². The molecule has 2 rings (SSSR count). The summed E-state index contributed by atoms with van der Waals surface area (Å²) in [5.74, 6) is 1.73. The predicted molar refractivity (Wildman–Crippen MR) is 72.7 cm³/mol. The molecule has 0 saturated heterocycles. The summed E-state index contributed by atoms with van der Waals surface area (Å²) in [6.07, 6.45) is 6.66. The van der Waals surface area contributed by atoms with Crippen LogP contribution in [0.5, 0.6) is 0 Å². The fraction of sp³-hybridized carbons (Fsp3) is 0.500. The van der Waals surface area contributed by atoms with Crippen LogP contribution in [0.4, 0.5) is 0 Å². The fourth-order valence-corrected chi connectivity index (χ4v) is 1.92. The summed E-state index contributed by atoms with van der Waals surface area (Å²) in [5.41, 5.74) is 1.15. The molecule has 0 fully saturated rings. The molecule has 0 spiro atoms. The number of hydrogen-bond acceptors (Lipinski definition) is 4. The maximum atomic E-state index is 5.10. The fourth-order valence-electron chi connectivity index (χ4n) is 1.92. The van der Waals surface area contributed by atoms with Gasteiger partial charge in [-0.05, 0) is 18.1 Å². The normalized spacial score (nSPS) is 10.8. The third-order valence-corrected chi connectivity index (χ3v) is 2.87. The first-order valence-electron chi connectivity index (χ1n) is 6.64. The molecule has 0 aliphatic carbocycles. The van der Waals surface area contributed by atoms with Crippen LogP contribution in [0.3, 0.4) is 0 Å². The van der Waals surface area contributed by atoms with Crippen molar-refractivity contribution in [1.82, 2.24) is 19.7 Å². The summed E-state index contributed by atoms with van der Waals surface area (Å²) in [6.45, 7) is 3.54. The Morgan fingerprint density at radius 3 is 2.95 bits per heavy atom. The van der Waals surface area contributed by atoms with E-state index in [1.54, 1.807) is 13.3 Å². The van der Waals surface area contributed by atoms with Crippen LogP contribution in [0.2, 0.25) is 0 Å².